The SMILES string of the molecule is CS(=O)(=O)OCC1CCCN(S(C)(=O)=O)C1. The van der Waals surface area contributed by atoms with Crippen molar-refractivity contribution in [2.24, 2.45) is 5.92 Å². The Labute approximate surface area is 96.8 Å². The molecule has 1 fully saturated rings. The molecule has 1 unspecified atom stereocenters. The Morgan fingerprint density at radius 2 is 1.88 bits per heavy atom. The molecule has 16 heavy (non-hydrogen) atoms. The van der Waals surface area contributed by atoms with E-state index in [-0.39, 0.29) is 12.5 Å². The molecule has 6 nitrogen and oxygen atoms in total. The fourth-order valence-electron chi connectivity index (χ4n) is 1.68. The van der Waals surface area contributed by atoms with E-state index in [0.717, 1.165) is 25.4 Å². The van der Waals surface area contributed by atoms with E-state index in [4.69, 9.17) is 0 Å². The highest BCUT2D eigenvalue weighted by Gasteiger charge is 2.26. The second-order valence-electron chi connectivity index (χ2n) is 4.12. The second kappa shape index (κ2) is 4.99. The van der Waals surface area contributed by atoms with Crippen molar-refractivity contribution in [3.05, 3.63) is 0 Å². The third-order valence-electron chi connectivity index (χ3n) is 2.47. The predicted molar refractivity (Wildman–Crippen MR) is 59.9 cm³/mol. The lowest BCUT2D eigenvalue weighted by molar-refractivity contribution is 0.186. The van der Waals surface area contributed by atoms with Crippen molar-refractivity contribution in [2.45, 2.75) is 12.8 Å². The summed E-state index contributed by atoms with van der Waals surface area (Å²) in [5.41, 5.74) is 0. The fourth-order valence-corrected chi connectivity index (χ4v) is 3.07. The van der Waals surface area contributed by atoms with Gasteiger partial charge in [0.2, 0.25) is 10.0 Å². The van der Waals surface area contributed by atoms with Crippen molar-refractivity contribution in [1.29, 1.82) is 0 Å². The van der Waals surface area contributed by atoms with E-state index in [1.54, 1.807) is 0 Å². The normalized spacial score (nSPS) is 24.5. The Bertz CT molecular complexity index is 427. The van der Waals surface area contributed by atoms with Crippen molar-refractivity contribution in [3.8, 4) is 0 Å². The standard InChI is InChI=1S/C8H17NO5S2/c1-15(10,11)9-5-3-4-8(6-9)7-14-16(2,12)13/h8H,3-7H2,1-2H3. The summed E-state index contributed by atoms with van der Waals surface area (Å²) in [6.07, 6.45) is 3.68. The maximum atomic E-state index is 11.3. The second-order valence-corrected chi connectivity index (χ2v) is 7.74. The largest absolute Gasteiger partial charge is 0.270 e. The molecule has 0 aromatic carbocycles. The Balaban J connectivity index is 2.52. The molecular formula is C8H17NO5S2. The first kappa shape index (κ1) is 13.9. The summed E-state index contributed by atoms with van der Waals surface area (Å²) in [6.45, 7) is 0.910. The van der Waals surface area contributed by atoms with E-state index >= 15 is 0 Å². The molecule has 1 rings (SSSR count). The average molecular weight is 271 g/mol. The van der Waals surface area contributed by atoms with Crippen LogP contribution in [-0.2, 0) is 24.3 Å². The summed E-state index contributed by atoms with van der Waals surface area (Å²) >= 11 is 0. The lowest BCUT2D eigenvalue weighted by Crippen LogP contribution is -2.40. The fraction of sp³-hybridized carbons (Fsp3) is 1.00. The lowest BCUT2D eigenvalue weighted by atomic mass is 10.0. The number of hydrogen-bond acceptors (Lipinski definition) is 5. The maximum Gasteiger partial charge on any atom is 0.264 e. The molecule has 0 aromatic heterocycles. The molecule has 1 heterocycles. The van der Waals surface area contributed by atoms with Crippen LogP contribution in [0, 0.1) is 5.92 Å². The van der Waals surface area contributed by atoms with Crippen molar-refractivity contribution in [3.63, 3.8) is 0 Å². The highest BCUT2D eigenvalue weighted by atomic mass is 32.2. The average Bonchev–Trinajstić information content (AvgIpc) is 2.13. The Morgan fingerprint density at radius 3 is 2.38 bits per heavy atom. The molecule has 1 atom stereocenters. The van der Waals surface area contributed by atoms with Crippen LogP contribution < -0.4 is 0 Å². The molecule has 0 spiro atoms. The smallest absolute Gasteiger partial charge is 0.264 e. The van der Waals surface area contributed by atoms with Crippen molar-refractivity contribution in [2.75, 3.05) is 32.2 Å². The highest BCUT2D eigenvalue weighted by Crippen LogP contribution is 2.19. The van der Waals surface area contributed by atoms with Gasteiger partial charge in [-0.2, -0.15) is 8.42 Å². The van der Waals surface area contributed by atoms with Crippen LogP contribution in [0.4, 0.5) is 0 Å². The van der Waals surface area contributed by atoms with Crippen LogP contribution in [0.3, 0.4) is 0 Å². The molecule has 1 saturated heterocycles. The monoisotopic (exact) mass is 271 g/mol. The molecule has 1 aliphatic rings. The van der Waals surface area contributed by atoms with Crippen molar-refractivity contribution in [1.82, 2.24) is 4.31 Å². The van der Waals surface area contributed by atoms with Gasteiger partial charge in [-0.15, -0.1) is 0 Å². The summed E-state index contributed by atoms with van der Waals surface area (Å²) < 4.78 is 50.2. The maximum absolute atomic E-state index is 11.3. The Kier molecular flexibility index (Phi) is 4.33. The molecule has 96 valence electrons. The van der Waals surface area contributed by atoms with Gasteiger partial charge >= 0.3 is 0 Å². The summed E-state index contributed by atoms with van der Waals surface area (Å²) in [5.74, 6) is -0.0433. The minimum Gasteiger partial charge on any atom is -0.270 e. The molecule has 0 N–H and O–H groups in total. The van der Waals surface area contributed by atoms with Gasteiger partial charge in [-0.05, 0) is 18.8 Å². The summed E-state index contributed by atoms with van der Waals surface area (Å²) in [5, 5.41) is 0. The third-order valence-corrected chi connectivity index (χ3v) is 4.30. The molecule has 8 heteroatoms. The molecule has 0 aliphatic carbocycles. The molecule has 0 radical (unpaired) electrons. The Morgan fingerprint density at radius 1 is 1.25 bits per heavy atom. The van der Waals surface area contributed by atoms with Gasteiger partial charge in [0.1, 0.15) is 0 Å². The van der Waals surface area contributed by atoms with Crippen LogP contribution >= 0.6 is 0 Å². The highest BCUT2D eigenvalue weighted by molar-refractivity contribution is 7.88. The van der Waals surface area contributed by atoms with Crippen LogP contribution in [0.2, 0.25) is 0 Å². The molecule has 0 saturated carbocycles. The number of rotatable bonds is 4. The number of piperidine rings is 1. The van der Waals surface area contributed by atoms with Gasteiger partial charge < -0.3 is 0 Å². The van der Waals surface area contributed by atoms with Crippen LogP contribution in [0.5, 0.6) is 0 Å². The van der Waals surface area contributed by atoms with Crippen molar-refractivity contribution < 1.29 is 21.0 Å². The quantitative estimate of drug-likeness (QED) is 0.652. The topological polar surface area (TPSA) is 80.8 Å². The van der Waals surface area contributed by atoms with Gasteiger partial charge in [0.25, 0.3) is 10.1 Å². The van der Waals surface area contributed by atoms with E-state index in [1.165, 1.54) is 4.31 Å². The van der Waals surface area contributed by atoms with Gasteiger partial charge in [-0.1, -0.05) is 0 Å². The zero-order valence-corrected chi connectivity index (χ0v) is 11.1. The minimum atomic E-state index is -3.44. The summed E-state index contributed by atoms with van der Waals surface area (Å²) in [6, 6.07) is 0. The minimum absolute atomic E-state index is 0.0433. The molecular weight excluding hydrogens is 254 g/mol. The van der Waals surface area contributed by atoms with Gasteiger partial charge in [0, 0.05) is 13.1 Å². The van der Waals surface area contributed by atoms with E-state index in [2.05, 4.69) is 4.18 Å². The third kappa shape index (κ3) is 4.77. The number of nitrogens with zero attached hydrogens (tertiary/aromatic N) is 1. The number of sulfonamides is 1. The van der Waals surface area contributed by atoms with E-state index in [1.807, 2.05) is 0 Å². The predicted octanol–water partition coefficient (Wildman–Crippen LogP) is -0.366. The first-order valence-corrected chi connectivity index (χ1v) is 8.64. The van der Waals surface area contributed by atoms with Gasteiger partial charge in [-0.3, -0.25) is 4.18 Å². The first-order chi connectivity index (χ1) is 7.18. The van der Waals surface area contributed by atoms with E-state index < -0.39 is 20.1 Å². The summed E-state index contributed by atoms with van der Waals surface area (Å²) in [7, 11) is -6.63. The molecule has 0 amide bonds. The van der Waals surface area contributed by atoms with Gasteiger partial charge in [0.15, 0.2) is 0 Å². The van der Waals surface area contributed by atoms with E-state index in [0.29, 0.717) is 13.1 Å². The molecule has 1 aliphatic heterocycles. The molecule has 0 bridgehead atoms. The van der Waals surface area contributed by atoms with E-state index in [9.17, 15) is 16.8 Å². The van der Waals surface area contributed by atoms with Crippen LogP contribution in [0.25, 0.3) is 0 Å². The van der Waals surface area contributed by atoms with Gasteiger partial charge in [0.05, 0.1) is 19.1 Å². The summed E-state index contributed by atoms with van der Waals surface area (Å²) in [4.78, 5) is 0. The lowest BCUT2D eigenvalue weighted by Gasteiger charge is -2.30. The zero-order chi connectivity index (χ0) is 12.4. The zero-order valence-electron chi connectivity index (χ0n) is 9.42. The number of hydrogen-bond donors (Lipinski definition) is 0. The van der Waals surface area contributed by atoms with Crippen LogP contribution in [-0.4, -0.2) is 53.3 Å². The molecule has 0 aromatic rings. The Hall–Kier alpha value is -0.180. The van der Waals surface area contributed by atoms with Gasteiger partial charge in [-0.25, -0.2) is 12.7 Å². The van der Waals surface area contributed by atoms with Crippen LogP contribution in [0.15, 0.2) is 0 Å². The van der Waals surface area contributed by atoms with Crippen LogP contribution in [0.1, 0.15) is 12.8 Å². The first-order valence-electron chi connectivity index (χ1n) is 4.98. The van der Waals surface area contributed by atoms with Crippen molar-refractivity contribution >= 4 is 20.1 Å².